The Labute approximate surface area is 198 Å². The minimum Gasteiger partial charge on any atom is -0.466 e. The van der Waals surface area contributed by atoms with E-state index >= 15 is 0 Å². The van der Waals surface area contributed by atoms with E-state index in [0.717, 1.165) is 57.1 Å². The van der Waals surface area contributed by atoms with Crippen molar-refractivity contribution in [3.8, 4) is 0 Å². The number of hydrogen-bond acceptors (Lipinski definition) is 6. The zero-order chi connectivity index (χ0) is 23.8. The van der Waals surface area contributed by atoms with Gasteiger partial charge in [0.15, 0.2) is 0 Å². The van der Waals surface area contributed by atoms with Crippen molar-refractivity contribution in [3.05, 3.63) is 0 Å². The van der Waals surface area contributed by atoms with Crippen LogP contribution in [0.15, 0.2) is 0 Å². The van der Waals surface area contributed by atoms with E-state index in [9.17, 15) is 14.4 Å². The van der Waals surface area contributed by atoms with Crippen LogP contribution in [-0.2, 0) is 23.9 Å². The summed E-state index contributed by atoms with van der Waals surface area (Å²) in [4.78, 5) is 38.5. The van der Waals surface area contributed by atoms with E-state index in [-0.39, 0.29) is 35.7 Å². The Bertz CT molecular complexity index is 631. The molecule has 1 amide bonds. The molecule has 6 nitrogen and oxygen atoms in total. The summed E-state index contributed by atoms with van der Waals surface area (Å²) in [6.07, 6.45) is 7.35. The van der Waals surface area contributed by atoms with Crippen molar-refractivity contribution in [2.24, 2.45) is 17.3 Å². The summed E-state index contributed by atoms with van der Waals surface area (Å²) in [7, 11) is 0. The van der Waals surface area contributed by atoms with Gasteiger partial charge in [0.25, 0.3) is 0 Å². The second-order valence-corrected chi connectivity index (χ2v) is 11.7. The Morgan fingerprint density at radius 1 is 1.06 bits per heavy atom. The fraction of sp³-hybridized carbons (Fsp3) is 0.880. The number of rotatable bonds is 10. The van der Waals surface area contributed by atoms with Crippen molar-refractivity contribution in [3.63, 3.8) is 0 Å². The highest BCUT2D eigenvalue weighted by molar-refractivity contribution is 7.99. The highest BCUT2D eigenvalue weighted by atomic mass is 32.2. The maximum absolute atomic E-state index is 13.5. The lowest BCUT2D eigenvalue weighted by molar-refractivity contribution is -0.160. The van der Waals surface area contributed by atoms with Crippen LogP contribution in [-0.4, -0.2) is 47.6 Å². The SMILES string of the molecule is CCOC(=O)C1CCC(NC(=O)C2(CC(CSCC)C(=O)OC(C)(C)C)CCCC2)CC1. The molecule has 184 valence electrons. The molecule has 0 aromatic carbocycles. The average molecular weight is 470 g/mol. The van der Waals surface area contributed by atoms with Crippen molar-refractivity contribution < 1.29 is 23.9 Å². The zero-order valence-corrected chi connectivity index (χ0v) is 21.5. The van der Waals surface area contributed by atoms with Crippen molar-refractivity contribution in [2.45, 2.75) is 104 Å². The molecule has 0 aromatic heterocycles. The minimum absolute atomic E-state index is 0.0499. The lowest BCUT2D eigenvalue weighted by Crippen LogP contribution is -2.47. The van der Waals surface area contributed by atoms with Gasteiger partial charge in [0.05, 0.1) is 23.9 Å². The quantitative estimate of drug-likeness (QED) is 0.459. The second kappa shape index (κ2) is 12.3. The van der Waals surface area contributed by atoms with E-state index in [4.69, 9.17) is 9.47 Å². The van der Waals surface area contributed by atoms with Gasteiger partial charge in [-0.15, -0.1) is 0 Å². The monoisotopic (exact) mass is 469 g/mol. The third-order valence-corrected chi connectivity index (χ3v) is 7.67. The van der Waals surface area contributed by atoms with Gasteiger partial charge in [-0.25, -0.2) is 0 Å². The molecular formula is C25H43NO5S. The van der Waals surface area contributed by atoms with E-state index in [2.05, 4.69) is 12.2 Å². The van der Waals surface area contributed by atoms with Crippen LogP contribution in [0, 0.1) is 17.3 Å². The Morgan fingerprint density at radius 3 is 2.22 bits per heavy atom. The van der Waals surface area contributed by atoms with E-state index < -0.39 is 11.0 Å². The van der Waals surface area contributed by atoms with Crippen molar-refractivity contribution in [2.75, 3.05) is 18.1 Å². The molecule has 0 aromatic rings. The normalized spacial score (nSPS) is 23.9. The number of thioether (sulfide) groups is 1. The Kier molecular flexibility index (Phi) is 10.4. The molecule has 2 rings (SSSR count). The van der Waals surface area contributed by atoms with Crippen LogP contribution in [0.3, 0.4) is 0 Å². The molecule has 32 heavy (non-hydrogen) atoms. The van der Waals surface area contributed by atoms with E-state index in [0.29, 0.717) is 18.8 Å². The highest BCUT2D eigenvalue weighted by Crippen LogP contribution is 2.45. The van der Waals surface area contributed by atoms with Crippen LogP contribution in [0.2, 0.25) is 0 Å². The van der Waals surface area contributed by atoms with Crippen LogP contribution in [0.5, 0.6) is 0 Å². The fourth-order valence-electron chi connectivity index (χ4n) is 4.97. The minimum atomic E-state index is -0.533. The largest absolute Gasteiger partial charge is 0.466 e. The van der Waals surface area contributed by atoms with Gasteiger partial charge in [0, 0.05) is 11.8 Å². The van der Waals surface area contributed by atoms with Gasteiger partial charge in [-0.3, -0.25) is 14.4 Å². The third kappa shape index (κ3) is 7.96. The molecule has 2 aliphatic rings. The molecule has 0 spiro atoms. The van der Waals surface area contributed by atoms with Crippen molar-refractivity contribution in [1.82, 2.24) is 5.32 Å². The number of carbonyl (C=O) groups is 3. The Morgan fingerprint density at radius 2 is 1.69 bits per heavy atom. The van der Waals surface area contributed by atoms with Crippen LogP contribution in [0.25, 0.3) is 0 Å². The summed E-state index contributed by atoms with van der Waals surface area (Å²) in [5.41, 5.74) is -1.03. The van der Waals surface area contributed by atoms with Crippen LogP contribution < -0.4 is 5.32 Å². The highest BCUT2D eigenvalue weighted by Gasteiger charge is 2.45. The molecule has 7 heteroatoms. The van der Waals surface area contributed by atoms with Crippen LogP contribution in [0.4, 0.5) is 0 Å². The molecule has 1 unspecified atom stereocenters. The van der Waals surface area contributed by atoms with Gasteiger partial charge in [0.1, 0.15) is 5.60 Å². The molecule has 0 heterocycles. The topological polar surface area (TPSA) is 81.7 Å². The first kappa shape index (κ1) is 27.0. The molecular weight excluding hydrogens is 426 g/mol. The summed E-state index contributed by atoms with van der Waals surface area (Å²) >= 11 is 1.73. The number of ether oxygens (including phenoxy) is 2. The molecule has 1 atom stereocenters. The van der Waals surface area contributed by atoms with Gasteiger partial charge < -0.3 is 14.8 Å². The molecule has 2 saturated carbocycles. The number of esters is 2. The van der Waals surface area contributed by atoms with Gasteiger partial charge in [0.2, 0.25) is 5.91 Å². The van der Waals surface area contributed by atoms with E-state index in [1.807, 2.05) is 27.7 Å². The predicted molar refractivity (Wildman–Crippen MR) is 128 cm³/mol. The molecule has 0 saturated heterocycles. The fourth-order valence-corrected chi connectivity index (χ4v) is 5.75. The summed E-state index contributed by atoms with van der Waals surface area (Å²) < 4.78 is 10.9. The Hall–Kier alpha value is -1.24. The van der Waals surface area contributed by atoms with Crippen molar-refractivity contribution >= 4 is 29.6 Å². The Balaban J connectivity index is 2.02. The summed E-state index contributed by atoms with van der Waals surface area (Å²) in [5, 5.41) is 3.29. The first-order chi connectivity index (χ1) is 15.1. The van der Waals surface area contributed by atoms with Crippen LogP contribution in [0.1, 0.15) is 92.4 Å². The lowest BCUT2D eigenvalue weighted by atomic mass is 9.76. The summed E-state index contributed by atoms with van der Waals surface area (Å²) in [6, 6.07) is 0.0932. The molecule has 2 aliphatic carbocycles. The first-order valence-electron chi connectivity index (χ1n) is 12.4. The van der Waals surface area contributed by atoms with Gasteiger partial charge in [-0.05, 0) is 78.4 Å². The third-order valence-electron chi connectivity index (χ3n) is 6.63. The van der Waals surface area contributed by atoms with Crippen LogP contribution >= 0.6 is 11.8 Å². The number of carbonyl (C=O) groups excluding carboxylic acids is 3. The summed E-state index contributed by atoms with van der Waals surface area (Å²) in [5.74, 6) is 1.08. The standard InChI is InChI=1S/C25H43NO5S/c1-6-30-21(27)18-10-12-20(13-11-18)26-23(29)25(14-8-9-15-25)16-19(17-32-7-2)22(28)31-24(3,4)5/h18-20H,6-17H2,1-5H3,(H,26,29). The molecule has 0 bridgehead atoms. The van der Waals surface area contributed by atoms with E-state index in [1.165, 1.54) is 0 Å². The van der Waals surface area contributed by atoms with Gasteiger partial charge in [-0.2, -0.15) is 11.8 Å². The lowest BCUT2D eigenvalue weighted by Gasteiger charge is -2.35. The summed E-state index contributed by atoms with van der Waals surface area (Å²) in [6.45, 7) is 9.99. The molecule has 2 fully saturated rings. The maximum Gasteiger partial charge on any atom is 0.310 e. The predicted octanol–water partition coefficient (Wildman–Crippen LogP) is 4.89. The maximum atomic E-state index is 13.5. The molecule has 1 N–H and O–H groups in total. The first-order valence-corrected chi connectivity index (χ1v) is 13.5. The number of hydrogen-bond donors (Lipinski definition) is 1. The average Bonchev–Trinajstić information content (AvgIpc) is 3.20. The number of nitrogens with one attached hydrogen (secondary N) is 1. The van der Waals surface area contributed by atoms with Gasteiger partial charge >= 0.3 is 11.9 Å². The van der Waals surface area contributed by atoms with E-state index in [1.54, 1.807) is 11.8 Å². The second-order valence-electron chi connectivity index (χ2n) is 10.4. The molecule has 0 radical (unpaired) electrons. The number of amides is 1. The van der Waals surface area contributed by atoms with Crippen molar-refractivity contribution in [1.29, 1.82) is 0 Å². The molecule has 0 aliphatic heterocycles. The smallest absolute Gasteiger partial charge is 0.310 e. The van der Waals surface area contributed by atoms with Gasteiger partial charge in [-0.1, -0.05) is 19.8 Å². The zero-order valence-electron chi connectivity index (χ0n) is 20.7.